The van der Waals surface area contributed by atoms with Gasteiger partial charge in [0, 0.05) is 31.7 Å². The predicted octanol–water partition coefficient (Wildman–Crippen LogP) is 2.99. The van der Waals surface area contributed by atoms with Crippen molar-refractivity contribution in [2.24, 2.45) is 0 Å². The van der Waals surface area contributed by atoms with Crippen LogP contribution >= 0.6 is 0 Å². The molecule has 25 heavy (non-hydrogen) atoms. The second kappa shape index (κ2) is 7.90. The minimum Gasteiger partial charge on any atom is -0.349 e. The predicted molar refractivity (Wildman–Crippen MR) is 95.3 cm³/mol. The van der Waals surface area contributed by atoms with Crippen LogP contribution < -0.4 is 5.32 Å². The number of nitrogens with one attached hydrogen (secondary N) is 1. The standard InChI is InChI=1S/C19H21N3O3/c23-19(17-8-4-5-9-18(17)22(24)25)20-16-10-12-21(13-11-16)14-15-6-2-1-3-7-15/h1-9,16H,10-14H2,(H,20,23). The zero-order chi connectivity index (χ0) is 17.6. The van der Waals surface area contributed by atoms with Crippen LogP contribution in [0.25, 0.3) is 0 Å². The van der Waals surface area contributed by atoms with Gasteiger partial charge in [-0.1, -0.05) is 42.5 Å². The van der Waals surface area contributed by atoms with Gasteiger partial charge >= 0.3 is 0 Å². The van der Waals surface area contributed by atoms with E-state index in [9.17, 15) is 14.9 Å². The summed E-state index contributed by atoms with van der Waals surface area (Å²) in [5, 5.41) is 14.0. The number of nitro groups is 1. The fraction of sp³-hybridized carbons (Fsp3) is 0.316. The molecule has 0 atom stereocenters. The second-order valence-electron chi connectivity index (χ2n) is 6.28. The van der Waals surface area contributed by atoms with Crippen LogP contribution in [0.4, 0.5) is 5.69 Å². The molecule has 0 radical (unpaired) electrons. The number of amides is 1. The van der Waals surface area contributed by atoms with Crippen LogP contribution in [0.15, 0.2) is 54.6 Å². The molecule has 1 fully saturated rings. The van der Waals surface area contributed by atoms with Crippen LogP contribution in [0.3, 0.4) is 0 Å². The Kier molecular flexibility index (Phi) is 5.40. The molecule has 0 aliphatic carbocycles. The number of para-hydroxylation sites is 1. The Morgan fingerprint density at radius 1 is 1.08 bits per heavy atom. The highest BCUT2D eigenvalue weighted by atomic mass is 16.6. The van der Waals surface area contributed by atoms with E-state index < -0.39 is 4.92 Å². The summed E-state index contributed by atoms with van der Waals surface area (Å²) in [7, 11) is 0. The number of carbonyl (C=O) groups is 1. The molecule has 1 N–H and O–H groups in total. The number of nitro benzene ring substituents is 1. The van der Waals surface area contributed by atoms with E-state index in [1.165, 1.54) is 17.7 Å². The van der Waals surface area contributed by atoms with Gasteiger partial charge in [0.2, 0.25) is 0 Å². The summed E-state index contributed by atoms with van der Waals surface area (Å²) >= 11 is 0. The van der Waals surface area contributed by atoms with E-state index in [1.54, 1.807) is 12.1 Å². The van der Waals surface area contributed by atoms with E-state index in [0.717, 1.165) is 32.5 Å². The van der Waals surface area contributed by atoms with Crippen LogP contribution in [0.1, 0.15) is 28.8 Å². The van der Waals surface area contributed by atoms with Crippen LogP contribution in [-0.4, -0.2) is 34.9 Å². The molecular weight excluding hydrogens is 318 g/mol. The quantitative estimate of drug-likeness (QED) is 0.671. The van der Waals surface area contributed by atoms with Crippen molar-refractivity contribution >= 4 is 11.6 Å². The SMILES string of the molecule is O=C(NC1CCN(Cc2ccccc2)CC1)c1ccccc1[N+](=O)[O-]. The average Bonchev–Trinajstić information content (AvgIpc) is 2.64. The maximum Gasteiger partial charge on any atom is 0.282 e. The summed E-state index contributed by atoms with van der Waals surface area (Å²) in [6.45, 7) is 2.71. The first kappa shape index (κ1) is 17.1. The third kappa shape index (κ3) is 4.42. The number of likely N-dealkylation sites (tertiary alicyclic amines) is 1. The van der Waals surface area contributed by atoms with Crippen LogP contribution in [-0.2, 0) is 6.54 Å². The van der Waals surface area contributed by atoms with Crippen LogP contribution in [0.2, 0.25) is 0 Å². The second-order valence-corrected chi connectivity index (χ2v) is 6.28. The van der Waals surface area contributed by atoms with Crippen molar-refractivity contribution in [2.75, 3.05) is 13.1 Å². The molecule has 0 bridgehead atoms. The highest BCUT2D eigenvalue weighted by Crippen LogP contribution is 2.19. The molecule has 0 unspecified atom stereocenters. The van der Waals surface area contributed by atoms with E-state index >= 15 is 0 Å². The average molecular weight is 339 g/mol. The fourth-order valence-electron chi connectivity index (χ4n) is 3.17. The maximum absolute atomic E-state index is 12.4. The van der Waals surface area contributed by atoms with Gasteiger partial charge in [-0.2, -0.15) is 0 Å². The lowest BCUT2D eigenvalue weighted by Crippen LogP contribution is -2.44. The van der Waals surface area contributed by atoms with Gasteiger partial charge in [-0.15, -0.1) is 0 Å². The number of carbonyl (C=O) groups excluding carboxylic acids is 1. The Morgan fingerprint density at radius 2 is 1.72 bits per heavy atom. The molecule has 1 saturated heterocycles. The highest BCUT2D eigenvalue weighted by molar-refractivity contribution is 5.98. The lowest BCUT2D eigenvalue weighted by Gasteiger charge is -2.32. The van der Waals surface area contributed by atoms with E-state index in [0.29, 0.717) is 0 Å². The molecule has 3 rings (SSSR count). The zero-order valence-corrected chi connectivity index (χ0v) is 13.9. The first-order valence-corrected chi connectivity index (χ1v) is 8.44. The summed E-state index contributed by atoms with van der Waals surface area (Å²) < 4.78 is 0. The molecule has 1 aliphatic heterocycles. The summed E-state index contributed by atoms with van der Waals surface area (Å²) in [5.41, 5.74) is 1.26. The monoisotopic (exact) mass is 339 g/mol. The van der Waals surface area contributed by atoms with Crippen molar-refractivity contribution in [3.8, 4) is 0 Å². The summed E-state index contributed by atoms with van der Waals surface area (Å²) in [5.74, 6) is -0.367. The van der Waals surface area contributed by atoms with Crippen LogP contribution in [0.5, 0.6) is 0 Å². The minimum atomic E-state index is -0.516. The smallest absolute Gasteiger partial charge is 0.282 e. The number of hydrogen-bond donors (Lipinski definition) is 1. The molecular formula is C19H21N3O3. The third-order valence-corrected chi connectivity index (χ3v) is 4.52. The molecule has 2 aromatic carbocycles. The fourth-order valence-corrected chi connectivity index (χ4v) is 3.17. The summed E-state index contributed by atoms with van der Waals surface area (Å²) in [6, 6.07) is 16.4. The molecule has 130 valence electrons. The zero-order valence-electron chi connectivity index (χ0n) is 13.9. The molecule has 2 aromatic rings. The molecule has 1 heterocycles. The first-order chi connectivity index (χ1) is 12.1. The van der Waals surface area contributed by atoms with E-state index in [1.807, 2.05) is 18.2 Å². The Balaban J connectivity index is 1.54. The van der Waals surface area contributed by atoms with E-state index in [2.05, 4.69) is 22.3 Å². The molecule has 1 aliphatic rings. The third-order valence-electron chi connectivity index (χ3n) is 4.52. The van der Waals surface area contributed by atoms with Crippen molar-refractivity contribution in [3.05, 3.63) is 75.8 Å². The Morgan fingerprint density at radius 3 is 2.40 bits per heavy atom. The number of nitrogens with zero attached hydrogens (tertiary/aromatic N) is 2. The number of piperidine rings is 1. The maximum atomic E-state index is 12.4. The molecule has 1 amide bonds. The molecule has 6 heteroatoms. The van der Waals surface area contributed by atoms with E-state index in [4.69, 9.17) is 0 Å². The highest BCUT2D eigenvalue weighted by Gasteiger charge is 2.24. The van der Waals surface area contributed by atoms with Gasteiger partial charge in [0.1, 0.15) is 5.56 Å². The number of hydrogen-bond acceptors (Lipinski definition) is 4. The number of rotatable bonds is 5. The Bertz CT molecular complexity index is 741. The minimum absolute atomic E-state index is 0.0549. The first-order valence-electron chi connectivity index (χ1n) is 8.44. The van der Waals surface area contributed by atoms with Gasteiger partial charge in [-0.05, 0) is 24.5 Å². The van der Waals surface area contributed by atoms with Crippen molar-refractivity contribution in [1.82, 2.24) is 10.2 Å². The Labute approximate surface area is 146 Å². The van der Waals surface area contributed by atoms with Gasteiger partial charge in [0.15, 0.2) is 0 Å². The van der Waals surface area contributed by atoms with Crippen molar-refractivity contribution in [2.45, 2.75) is 25.4 Å². The topological polar surface area (TPSA) is 75.5 Å². The lowest BCUT2D eigenvalue weighted by molar-refractivity contribution is -0.385. The van der Waals surface area contributed by atoms with Crippen molar-refractivity contribution < 1.29 is 9.72 Å². The summed E-state index contributed by atoms with van der Waals surface area (Å²) in [6.07, 6.45) is 1.69. The van der Waals surface area contributed by atoms with Gasteiger partial charge in [0.25, 0.3) is 11.6 Å². The van der Waals surface area contributed by atoms with Crippen molar-refractivity contribution in [1.29, 1.82) is 0 Å². The Hall–Kier alpha value is -2.73. The number of benzene rings is 2. The summed E-state index contributed by atoms with van der Waals surface area (Å²) in [4.78, 5) is 25.3. The van der Waals surface area contributed by atoms with Gasteiger partial charge in [0.05, 0.1) is 4.92 Å². The van der Waals surface area contributed by atoms with Gasteiger partial charge < -0.3 is 5.32 Å². The largest absolute Gasteiger partial charge is 0.349 e. The molecule has 0 aromatic heterocycles. The van der Waals surface area contributed by atoms with Gasteiger partial charge in [-0.3, -0.25) is 19.8 Å². The van der Waals surface area contributed by atoms with Gasteiger partial charge in [-0.25, -0.2) is 0 Å². The van der Waals surface area contributed by atoms with Crippen molar-refractivity contribution in [3.63, 3.8) is 0 Å². The lowest BCUT2D eigenvalue weighted by atomic mass is 10.0. The molecule has 6 nitrogen and oxygen atoms in total. The molecule has 0 saturated carbocycles. The van der Waals surface area contributed by atoms with E-state index in [-0.39, 0.29) is 23.2 Å². The van der Waals surface area contributed by atoms with Crippen LogP contribution in [0, 0.1) is 10.1 Å². The molecule has 0 spiro atoms. The normalized spacial score (nSPS) is 15.7.